The summed E-state index contributed by atoms with van der Waals surface area (Å²) in [7, 11) is 0. The number of halogens is 2. The van der Waals surface area contributed by atoms with Gasteiger partial charge in [0, 0.05) is 6.54 Å². The number of hydrogen-bond donors (Lipinski definition) is 2. The molecule has 0 radical (unpaired) electrons. The van der Waals surface area contributed by atoms with Crippen molar-refractivity contribution in [2.45, 2.75) is 6.54 Å². The first-order valence-corrected chi connectivity index (χ1v) is 8.54. The van der Waals surface area contributed by atoms with Gasteiger partial charge in [-0.1, -0.05) is 24.3 Å². The number of nitrogens with one attached hydrogen (secondary N) is 1. The molecule has 0 fully saturated rings. The lowest BCUT2D eigenvalue weighted by Crippen LogP contribution is -2.24. The average Bonchev–Trinajstić information content (AvgIpc) is 2.63. The second-order valence-electron chi connectivity index (χ2n) is 5.43. The fraction of sp³-hybridized carbons (Fsp3) is 0.0526. The van der Waals surface area contributed by atoms with Crippen LogP contribution in [0.4, 0.5) is 10.2 Å². The smallest absolute Gasteiger partial charge is 0.255 e. The summed E-state index contributed by atoms with van der Waals surface area (Å²) in [5.74, 6) is 0.120. The van der Waals surface area contributed by atoms with Gasteiger partial charge in [0.2, 0.25) is 5.95 Å². The van der Waals surface area contributed by atoms with E-state index in [2.05, 4.69) is 26.2 Å². The Bertz CT molecular complexity index is 932. The molecule has 3 rings (SSSR count). The molecule has 0 bridgehead atoms. The number of carbonyl (C=O) groups is 1. The van der Waals surface area contributed by atoms with E-state index in [-0.39, 0.29) is 11.4 Å². The number of rotatable bonds is 5. The van der Waals surface area contributed by atoms with Crippen LogP contribution in [0.15, 0.2) is 65.1 Å². The number of anilines is 1. The fourth-order valence-corrected chi connectivity index (χ4v) is 2.62. The van der Waals surface area contributed by atoms with Crippen molar-refractivity contribution < 1.29 is 13.9 Å². The lowest BCUT2D eigenvalue weighted by molar-refractivity contribution is 0.0951. The SMILES string of the molecule is Nc1nc(F)ccc1C(=O)NCc1ccc(Oc2ccccc2Br)cc1. The topological polar surface area (TPSA) is 77.2 Å². The number of aromatic nitrogens is 1. The monoisotopic (exact) mass is 415 g/mol. The van der Waals surface area contributed by atoms with Gasteiger partial charge < -0.3 is 15.8 Å². The Labute approximate surface area is 158 Å². The highest BCUT2D eigenvalue weighted by molar-refractivity contribution is 9.10. The van der Waals surface area contributed by atoms with Crippen molar-refractivity contribution in [3.05, 3.63) is 82.2 Å². The van der Waals surface area contributed by atoms with Crippen LogP contribution < -0.4 is 15.8 Å². The molecule has 1 amide bonds. The van der Waals surface area contributed by atoms with E-state index in [9.17, 15) is 9.18 Å². The molecule has 0 aliphatic carbocycles. The van der Waals surface area contributed by atoms with Crippen LogP contribution in [0, 0.1) is 5.95 Å². The van der Waals surface area contributed by atoms with E-state index in [1.807, 2.05) is 48.5 Å². The van der Waals surface area contributed by atoms with Crippen LogP contribution in [0.5, 0.6) is 11.5 Å². The Morgan fingerprint density at radius 2 is 1.85 bits per heavy atom. The number of pyridine rings is 1. The van der Waals surface area contributed by atoms with Crippen LogP contribution in [0.1, 0.15) is 15.9 Å². The first-order valence-electron chi connectivity index (χ1n) is 7.74. The summed E-state index contributed by atoms with van der Waals surface area (Å²) in [5.41, 5.74) is 6.58. The number of nitrogen functional groups attached to an aromatic ring is 1. The number of amides is 1. The summed E-state index contributed by atoms with van der Waals surface area (Å²) in [6, 6.07) is 17.3. The fourth-order valence-electron chi connectivity index (χ4n) is 2.25. The van der Waals surface area contributed by atoms with Crippen molar-refractivity contribution in [3.8, 4) is 11.5 Å². The molecule has 0 spiro atoms. The zero-order valence-corrected chi connectivity index (χ0v) is 15.2. The van der Waals surface area contributed by atoms with Gasteiger partial charge in [0.05, 0.1) is 10.0 Å². The second kappa shape index (κ2) is 7.97. The maximum Gasteiger partial charge on any atom is 0.255 e. The molecule has 2 aromatic carbocycles. The number of carbonyl (C=O) groups excluding carboxylic acids is 1. The highest BCUT2D eigenvalue weighted by atomic mass is 79.9. The molecule has 26 heavy (non-hydrogen) atoms. The predicted molar refractivity (Wildman–Crippen MR) is 100 cm³/mol. The van der Waals surface area contributed by atoms with Crippen LogP contribution >= 0.6 is 15.9 Å². The van der Waals surface area contributed by atoms with Crippen LogP contribution in [-0.4, -0.2) is 10.9 Å². The van der Waals surface area contributed by atoms with E-state index < -0.39 is 11.9 Å². The molecular formula is C19H15BrFN3O2. The molecule has 5 nitrogen and oxygen atoms in total. The first-order chi connectivity index (χ1) is 12.5. The summed E-state index contributed by atoms with van der Waals surface area (Å²) < 4.78 is 19.6. The van der Waals surface area contributed by atoms with E-state index >= 15 is 0 Å². The van der Waals surface area contributed by atoms with Crippen LogP contribution in [0.25, 0.3) is 0 Å². The molecule has 1 heterocycles. The van der Waals surface area contributed by atoms with E-state index in [0.717, 1.165) is 16.1 Å². The molecule has 0 atom stereocenters. The maximum absolute atomic E-state index is 12.9. The maximum atomic E-state index is 12.9. The van der Waals surface area contributed by atoms with Gasteiger partial charge >= 0.3 is 0 Å². The minimum atomic E-state index is -0.723. The predicted octanol–water partition coefficient (Wildman–Crippen LogP) is 4.29. The average molecular weight is 416 g/mol. The highest BCUT2D eigenvalue weighted by Gasteiger charge is 2.11. The van der Waals surface area contributed by atoms with Gasteiger partial charge in [0.15, 0.2) is 0 Å². The summed E-state index contributed by atoms with van der Waals surface area (Å²) in [6.45, 7) is 0.297. The van der Waals surface area contributed by atoms with Crippen molar-refractivity contribution >= 4 is 27.7 Å². The van der Waals surface area contributed by atoms with Gasteiger partial charge in [-0.2, -0.15) is 4.39 Å². The lowest BCUT2D eigenvalue weighted by atomic mass is 10.2. The zero-order chi connectivity index (χ0) is 18.5. The van der Waals surface area contributed by atoms with E-state index in [1.54, 1.807) is 0 Å². The third-order valence-electron chi connectivity index (χ3n) is 3.58. The zero-order valence-electron chi connectivity index (χ0n) is 13.6. The number of benzene rings is 2. The minimum absolute atomic E-state index is 0.139. The quantitative estimate of drug-likeness (QED) is 0.609. The van der Waals surface area contributed by atoms with Crippen LogP contribution in [-0.2, 0) is 6.54 Å². The molecule has 0 aliphatic rings. The first kappa shape index (κ1) is 17.9. The van der Waals surface area contributed by atoms with Gasteiger partial charge in [0.1, 0.15) is 17.3 Å². The Kier molecular flexibility index (Phi) is 5.48. The van der Waals surface area contributed by atoms with Gasteiger partial charge in [-0.15, -0.1) is 0 Å². The molecule has 0 saturated carbocycles. The van der Waals surface area contributed by atoms with Crippen molar-refractivity contribution in [2.24, 2.45) is 0 Å². The van der Waals surface area contributed by atoms with Gasteiger partial charge in [0.25, 0.3) is 5.91 Å². The summed E-state index contributed by atoms with van der Waals surface area (Å²) in [4.78, 5) is 15.6. The number of para-hydroxylation sites is 1. The number of hydrogen-bond acceptors (Lipinski definition) is 4. The number of ether oxygens (including phenoxy) is 1. The molecule has 132 valence electrons. The van der Waals surface area contributed by atoms with E-state index in [0.29, 0.717) is 18.0 Å². The number of nitrogens with zero attached hydrogens (tertiary/aromatic N) is 1. The second-order valence-corrected chi connectivity index (χ2v) is 6.28. The van der Waals surface area contributed by atoms with Gasteiger partial charge in [-0.05, 0) is 57.9 Å². The third kappa shape index (κ3) is 4.37. The largest absolute Gasteiger partial charge is 0.456 e. The summed E-state index contributed by atoms with van der Waals surface area (Å²) in [5, 5.41) is 2.72. The minimum Gasteiger partial charge on any atom is -0.456 e. The number of nitrogens with two attached hydrogens (primary N) is 1. The molecule has 3 aromatic rings. The molecule has 1 aromatic heterocycles. The van der Waals surface area contributed by atoms with E-state index in [1.165, 1.54) is 6.07 Å². The molecule has 0 aliphatic heterocycles. The molecular weight excluding hydrogens is 401 g/mol. The van der Waals surface area contributed by atoms with Crippen molar-refractivity contribution in [3.63, 3.8) is 0 Å². The van der Waals surface area contributed by atoms with Gasteiger partial charge in [-0.25, -0.2) is 4.98 Å². The van der Waals surface area contributed by atoms with Crippen LogP contribution in [0.2, 0.25) is 0 Å². The van der Waals surface area contributed by atoms with Crippen molar-refractivity contribution in [1.82, 2.24) is 10.3 Å². The van der Waals surface area contributed by atoms with E-state index in [4.69, 9.17) is 10.5 Å². The Balaban J connectivity index is 1.61. The Hall–Kier alpha value is -2.93. The standard InChI is InChI=1S/C19H15BrFN3O2/c20-15-3-1-2-4-16(15)26-13-7-5-12(6-8-13)11-23-19(25)14-9-10-17(21)24-18(14)22/h1-10H,11H2,(H2,22,24)(H,23,25). The van der Waals surface area contributed by atoms with Crippen LogP contribution in [0.3, 0.4) is 0 Å². The highest BCUT2D eigenvalue weighted by Crippen LogP contribution is 2.29. The lowest BCUT2D eigenvalue weighted by Gasteiger charge is -2.09. The Morgan fingerprint density at radius 3 is 2.54 bits per heavy atom. The molecule has 0 saturated heterocycles. The third-order valence-corrected chi connectivity index (χ3v) is 4.23. The van der Waals surface area contributed by atoms with Crippen molar-refractivity contribution in [2.75, 3.05) is 5.73 Å². The summed E-state index contributed by atoms with van der Waals surface area (Å²) in [6.07, 6.45) is 0. The summed E-state index contributed by atoms with van der Waals surface area (Å²) >= 11 is 3.43. The molecule has 7 heteroatoms. The molecule has 3 N–H and O–H groups in total. The van der Waals surface area contributed by atoms with Crippen molar-refractivity contribution in [1.29, 1.82) is 0 Å². The molecule has 0 unspecified atom stereocenters. The normalized spacial score (nSPS) is 10.4. The van der Waals surface area contributed by atoms with Gasteiger partial charge in [-0.3, -0.25) is 4.79 Å². The Morgan fingerprint density at radius 1 is 1.12 bits per heavy atom.